The number of rotatable bonds is 5. The fourth-order valence-corrected chi connectivity index (χ4v) is 5.37. The largest absolute Gasteiger partial charge is 0.506 e. The Kier molecular flexibility index (Phi) is 5.73. The molecule has 2 atom stereocenters. The first kappa shape index (κ1) is 22.3. The number of piperidine rings is 1. The molecule has 0 bridgehead atoms. The summed E-state index contributed by atoms with van der Waals surface area (Å²) in [6.45, 7) is 5.76. The van der Waals surface area contributed by atoms with Crippen LogP contribution in [-0.4, -0.2) is 43.8 Å². The van der Waals surface area contributed by atoms with E-state index in [9.17, 15) is 14.3 Å². The van der Waals surface area contributed by atoms with Crippen LogP contribution in [0, 0.1) is 5.82 Å². The van der Waals surface area contributed by atoms with Crippen LogP contribution in [0.3, 0.4) is 0 Å². The quantitative estimate of drug-likeness (QED) is 0.604. The molecule has 1 saturated heterocycles. The van der Waals surface area contributed by atoms with Crippen molar-refractivity contribution in [3.8, 4) is 11.4 Å². The van der Waals surface area contributed by atoms with Gasteiger partial charge in [-0.25, -0.2) is 9.07 Å². The van der Waals surface area contributed by atoms with Crippen molar-refractivity contribution in [3.05, 3.63) is 84.0 Å². The molecular formula is C27H29FN4O2. The number of amides is 1. The van der Waals surface area contributed by atoms with E-state index in [4.69, 9.17) is 0 Å². The topological polar surface area (TPSA) is 61.6 Å². The molecule has 0 radical (unpaired) electrons. The first-order valence-electron chi connectivity index (χ1n) is 11.8. The number of aromatic hydroxyl groups is 1. The molecule has 3 aromatic rings. The van der Waals surface area contributed by atoms with Crippen molar-refractivity contribution in [2.45, 2.75) is 51.2 Å². The van der Waals surface area contributed by atoms with Crippen LogP contribution in [0.15, 0.2) is 66.9 Å². The van der Waals surface area contributed by atoms with E-state index in [1.54, 1.807) is 40.1 Å². The molecule has 0 aliphatic carbocycles. The van der Waals surface area contributed by atoms with Gasteiger partial charge in [0, 0.05) is 42.8 Å². The van der Waals surface area contributed by atoms with Gasteiger partial charge in [0.05, 0.1) is 5.54 Å². The maximum atomic E-state index is 13.9. The number of hydrogen-bond donors (Lipinski definition) is 1. The molecule has 2 aliphatic heterocycles. The highest BCUT2D eigenvalue weighted by Crippen LogP contribution is 2.41. The van der Waals surface area contributed by atoms with Crippen molar-refractivity contribution < 1.29 is 14.3 Å². The molecular weight excluding hydrogens is 431 g/mol. The standard InChI is InChI=1S/C27H29FN4O2/c1-3-22-10-13-29-32(22)24-15-20(7-8-25(24)33)18-30-14-12-27(17-19(30)2)11-9-26(34)31(27)23-6-4-5-21(28)16-23/h4-11,13,15-16,19,33H,3,12,14,17-18H2,1-2H3. The molecule has 6 nitrogen and oxygen atoms in total. The molecule has 2 unspecified atom stereocenters. The number of hydrogen-bond acceptors (Lipinski definition) is 4. The summed E-state index contributed by atoms with van der Waals surface area (Å²) in [5, 5.41) is 14.9. The number of aryl methyl sites for hydroxylation is 1. The third-order valence-corrected chi connectivity index (χ3v) is 7.11. The number of likely N-dealkylation sites (tertiary alicyclic amines) is 1. The Bertz CT molecular complexity index is 1250. The Balaban J connectivity index is 1.36. The fraction of sp³-hybridized carbons (Fsp3) is 0.333. The number of aromatic nitrogens is 2. The monoisotopic (exact) mass is 460 g/mol. The van der Waals surface area contributed by atoms with Gasteiger partial charge in [-0.1, -0.05) is 25.1 Å². The summed E-state index contributed by atoms with van der Waals surface area (Å²) in [7, 11) is 0. The highest BCUT2D eigenvalue weighted by atomic mass is 19.1. The van der Waals surface area contributed by atoms with Gasteiger partial charge in [0.15, 0.2) is 0 Å². The lowest BCUT2D eigenvalue weighted by atomic mass is 9.82. The Morgan fingerprint density at radius 1 is 1.21 bits per heavy atom. The van der Waals surface area contributed by atoms with E-state index in [0.29, 0.717) is 11.4 Å². The molecule has 2 aromatic carbocycles. The molecule has 1 fully saturated rings. The second-order valence-corrected chi connectivity index (χ2v) is 9.28. The van der Waals surface area contributed by atoms with Crippen molar-refractivity contribution in [2.24, 2.45) is 0 Å². The van der Waals surface area contributed by atoms with Crippen LogP contribution in [0.2, 0.25) is 0 Å². The maximum Gasteiger partial charge on any atom is 0.251 e. The number of phenolic OH excluding ortho intramolecular Hbond substituents is 1. The summed E-state index contributed by atoms with van der Waals surface area (Å²) < 4.78 is 15.7. The summed E-state index contributed by atoms with van der Waals surface area (Å²) >= 11 is 0. The van der Waals surface area contributed by atoms with Crippen molar-refractivity contribution in [1.82, 2.24) is 14.7 Å². The summed E-state index contributed by atoms with van der Waals surface area (Å²) in [5.41, 5.74) is 2.97. The summed E-state index contributed by atoms with van der Waals surface area (Å²) in [6, 6.07) is 14.1. The molecule has 2 aliphatic rings. The fourth-order valence-electron chi connectivity index (χ4n) is 5.37. The Morgan fingerprint density at radius 2 is 2.06 bits per heavy atom. The predicted octanol–water partition coefficient (Wildman–Crippen LogP) is 4.61. The maximum absolute atomic E-state index is 13.9. The normalized spacial score (nSPS) is 22.7. The smallest absolute Gasteiger partial charge is 0.251 e. The van der Waals surface area contributed by atoms with Crippen molar-refractivity contribution in [2.75, 3.05) is 11.4 Å². The lowest BCUT2D eigenvalue weighted by Gasteiger charge is -2.47. The molecule has 1 spiro atoms. The van der Waals surface area contributed by atoms with E-state index in [2.05, 4.69) is 23.8 Å². The molecule has 34 heavy (non-hydrogen) atoms. The minimum absolute atomic E-state index is 0.0969. The van der Waals surface area contributed by atoms with Crippen LogP contribution >= 0.6 is 0 Å². The number of carbonyl (C=O) groups is 1. The van der Waals surface area contributed by atoms with Crippen LogP contribution < -0.4 is 4.90 Å². The van der Waals surface area contributed by atoms with Gasteiger partial charge in [-0.3, -0.25) is 14.6 Å². The summed E-state index contributed by atoms with van der Waals surface area (Å²) in [5.74, 6) is -0.238. The van der Waals surface area contributed by atoms with E-state index in [-0.39, 0.29) is 23.5 Å². The number of benzene rings is 2. The average Bonchev–Trinajstić information content (AvgIpc) is 3.41. The highest BCUT2D eigenvalue weighted by Gasteiger charge is 2.46. The van der Waals surface area contributed by atoms with Crippen molar-refractivity contribution in [1.29, 1.82) is 0 Å². The second-order valence-electron chi connectivity index (χ2n) is 9.28. The second kappa shape index (κ2) is 8.72. The molecule has 5 rings (SSSR count). The minimum atomic E-state index is -0.438. The zero-order valence-corrected chi connectivity index (χ0v) is 19.5. The van der Waals surface area contributed by atoms with Crippen LogP contribution in [0.5, 0.6) is 5.75 Å². The predicted molar refractivity (Wildman–Crippen MR) is 129 cm³/mol. The Labute approximate surface area is 198 Å². The van der Waals surface area contributed by atoms with Crippen LogP contribution in [0.1, 0.15) is 37.9 Å². The number of nitrogens with zero attached hydrogens (tertiary/aromatic N) is 4. The average molecular weight is 461 g/mol. The van der Waals surface area contributed by atoms with E-state index in [1.165, 1.54) is 12.1 Å². The number of phenols is 1. The van der Waals surface area contributed by atoms with Crippen LogP contribution in [-0.2, 0) is 17.8 Å². The zero-order chi connectivity index (χ0) is 23.9. The number of carbonyl (C=O) groups excluding carboxylic acids is 1. The van der Waals surface area contributed by atoms with Crippen molar-refractivity contribution in [3.63, 3.8) is 0 Å². The van der Waals surface area contributed by atoms with Gasteiger partial charge >= 0.3 is 0 Å². The van der Waals surface area contributed by atoms with Crippen LogP contribution in [0.4, 0.5) is 10.1 Å². The van der Waals surface area contributed by atoms with Gasteiger partial charge in [0.2, 0.25) is 0 Å². The molecule has 176 valence electrons. The minimum Gasteiger partial charge on any atom is -0.506 e. The first-order valence-corrected chi connectivity index (χ1v) is 11.8. The molecule has 1 amide bonds. The lowest BCUT2D eigenvalue weighted by molar-refractivity contribution is -0.114. The van der Waals surface area contributed by atoms with Crippen molar-refractivity contribution >= 4 is 11.6 Å². The third kappa shape index (κ3) is 3.90. The highest BCUT2D eigenvalue weighted by molar-refractivity contribution is 6.06. The molecule has 7 heteroatoms. The molecule has 0 saturated carbocycles. The summed E-state index contributed by atoms with van der Waals surface area (Å²) in [4.78, 5) is 16.9. The van der Waals surface area contributed by atoms with Gasteiger partial charge in [-0.05, 0) is 68.1 Å². The van der Waals surface area contributed by atoms with E-state index in [0.717, 1.165) is 43.6 Å². The van der Waals surface area contributed by atoms with E-state index in [1.807, 2.05) is 24.3 Å². The zero-order valence-electron chi connectivity index (χ0n) is 19.5. The van der Waals surface area contributed by atoms with E-state index < -0.39 is 5.54 Å². The summed E-state index contributed by atoms with van der Waals surface area (Å²) in [6.07, 6.45) is 7.71. The van der Waals surface area contributed by atoms with Crippen LogP contribution in [0.25, 0.3) is 5.69 Å². The third-order valence-electron chi connectivity index (χ3n) is 7.11. The molecule has 1 aromatic heterocycles. The SMILES string of the molecule is CCc1ccnn1-c1cc(CN2CCC3(C=CC(=O)N3c3cccc(F)c3)CC2C)ccc1O. The van der Waals surface area contributed by atoms with Gasteiger partial charge in [0.1, 0.15) is 17.3 Å². The van der Waals surface area contributed by atoms with Gasteiger partial charge in [-0.15, -0.1) is 0 Å². The number of anilines is 1. The van der Waals surface area contributed by atoms with Gasteiger partial charge in [0.25, 0.3) is 5.91 Å². The Hall–Kier alpha value is -3.45. The van der Waals surface area contributed by atoms with Gasteiger partial charge in [-0.2, -0.15) is 5.10 Å². The first-order chi connectivity index (χ1) is 16.4. The number of halogens is 1. The van der Waals surface area contributed by atoms with Gasteiger partial charge < -0.3 is 5.11 Å². The Morgan fingerprint density at radius 3 is 2.82 bits per heavy atom. The molecule has 3 heterocycles. The molecule has 1 N–H and O–H groups in total. The van der Waals surface area contributed by atoms with E-state index >= 15 is 0 Å². The lowest BCUT2D eigenvalue weighted by Crippen LogP contribution is -2.56.